The lowest BCUT2D eigenvalue weighted by Crippen LogP contribution is -2.32. The van der Waals surface area contributed by atoms with Crippen molar-refractivity contribution in [3.63, 3.8) is 0 Å². The molecule has 0 aliphatic carbocycles. The van der Waals surface area contributed by atoms with Crippen LogP contribution in [0.15, 0.2) is 48.5 Å². The van der Waals surface area contributed by atoms with Crippen molar-refractivity contribution in [2.75, 3.05) is 11.4 Å². The minimum atomic E-state index is -0.301. The van der Waals surface area contributed by atoms with Crippen LogP contribution in [-0.2, 0) is 21.5 Å². The molecule has 2 aromatic rings. The van der Waals surface area contributed by atoms with Crippen molar-refractivity contribution in [2.24, 2.45) is 5.92 Å². The van der Waals surface area contributed by atoms with Crippen LogP contribution >= 0.6 is 0 Å². The summed E-state index contributed by atoms with van der Waals surface area (Å²) < 4.78 is 0. The summed E-state index contributed by atoms with van der Waals surface area (Å²) in [6.07, 6.45) is 0.265. The second-order valence-corrected chi connectivity index (χ2v) is 8.41. The van der Waals surface area contributed by atoms with Crippen LogP contribution < -0.4 is 10.2 Å². The highest BCUT2D eigenvalue weighted by atomic mass is 16.2. The molecule has 0 aromatic heterocycles. The molecule has 4 nitrogen and oxygen atoms in total. The first-order valence-electron chi connectivity index (χ1n) is 9.48. The predicted molar refractivity (Wildman–Crippen MR) is 109 cm³/mol. The first-order valence-corrected chi connectivity index (χ1v) is 9.48. The van der Waals surface area contributed by atoms with Crippen molar-refractivity contribution in [1.29, 1.82) is 0 Å². The van der Waals surface area contributed by atoms with E-state index in [-0.39, 0.29) is 29.6 Å². The van der Waals surface area contributed by atoms with Gasteiger partial charge in [-0.1, -0.05) is 62.7 Å². The summed E-state index contributed by atoms with van der Waals surface area (Å²) in [6, 6.07) is 16.2. The van der Waals surface area contributed by atoms with Crippen LogP contribution in [0, 0.1) is 12.8 Å². The highest BCUT2D eigenvalue weighted by Gasteiger charge is 2.35. The molecule has 1 saturated heterocycles. The van der Waals surface area contributed by atoms with Crippen LogP contribution in [0.4, 0.5) is 5.69 Å². The lowest BCUT2D eigenvalue weighted by molar-refractivity contribution is -0.126. The van der Waals surface area contributed by atoms with Gasteiger partial charge in [0, 0.05) is 25.2 Å². The van der Waals surface area contributed by atoms with Gasteiger partial charge in [0.1, 0.15) is 0 Å². The smallest absolute Gasteiger partial charge is 0.227 e. The summed E-state index contributed by atoms with van der Waals surface area (Å²) in [6.45, 7) is 9.45. The van der Waals surface area contributed by atoms with E-state index < -0.39 is 0 Å². The average Bonchev–Trinajstić information content (AvgIpc) is 3.01. The maximum atomic E-state index is 12.5. The zero-order valence-electron chi connectivity index (χ0n) is 16.6. The third kappa shape index (κ3) is 4.57. The summed E-state index contributed by atoms with van der Waals surface area (Å²) in [5.74, 6) is -0.350. The number of nitrogens with one attached hydrogen (secondary N) is 1. The van der Waals surface area contributed by atoms with Crippen LogP contribution in [0.2, 0.25) is 0 Å². The number of rotatable bonds is 4. The topological polar surface area (TPSA) is 49.4 Å². The van der Waals surface area contributed by atoms with Gasteiger partial charge in [0.25, 0.3) is 0 Å². The second kappa shape index (κ2) is 7.55. The number of carbonyl (C=O) groups excluding carboxylic acids is 2. The van der Waals surface area contributed by atoms with Crippen molar-refractivity contribution >= 4 is 17.5 Å². The van der Waals surface area contributed by atoms with Crippen molar-refractivity contribution in [3.05, 3.63) is 65.2 Å². The Balaban J connectivity index is 1.62. The number of carbonyl (C=O) groups is 2. The van der Waals surface area contributed by atoms with E-state index in [1.165, 1.54) is 11.1 Å². The molecule has 142 valence electrons. The van der Waals surface area contributed by atoms with E-state index >= 15 is 0 Å². The molecule has 2 amide bonds. The van der Waals surface area contributed by atoms with Crippen molar-refractivity contribution < 1.29 is 9.59 Å². The number of nitrogens with zero attached hydrogens (tertiary/aromatic N) is 1. The largest absolute Gasteiger partial charge is 0.352 e. The Morgan fingerprint density at radius 2 is 1.85 bits per heavy atom. The molecule has 2 aromatic carbocycles. The summed E-state index contributed by atoms with van der Waals surface area (Å²) >= 11 is 0. The maximum absolute atomic E-state index is 12.5. The monoisotopic (exact) mass is 364 g/mol. The van der Waals surface area contributed by atoms with Gasteiger partial charge in [0.05, 0.1) is 5.92 Å². The van der Waals surface area contributed by atoms with Crippen LogP contribution in [0.25, 0.3) is 0 Å². The molecule has 27 heavy (non-hydrogen) atoms. The fraction of sp³-hybridized carbons (Fsp3) is 0.391. The number of aryl methyl sites for hydroxylation is 1. The molecule has 0 bridgehead atoms. The van der Waals surface area contributed by atoms with Gasteiger partial charge >= 0.3 is 0 Å². The molecular weight excluding hydrogens is 336 g/mol. The predicted octanol–water partition coefficient (Wildman–Crippen LogP) is 3.96. The van der Waals surface area contributed by atoms with E-state index in [2.05, 4.69) is 44.3 Å². The van der Waals surface area contributed by atoms with E-state index in [0.29, 0.717) is 13.1 Å². The van der Waals surface area contributed by atoms with Gasteiger partial charge in [-0.2, -0.15) is 0 Å². The van der Waals surface area contributed by atoms with Gasteiger partial charge in [0.15, 0.2) is 0 Å². The molecule has 1 N–H and O–H groups in total. The van der Waals surface area contributed by atoms with Crippen molar-refractivity contribution in [2.45, 2.75) is 46.1 Å². The number of amides is 2. The molecule has 1 heterocycles. The summed E-state index contributed by atoms with van der Waals surface area (Å²) in [5.41, 5.74) is 4.41. The van der Waals surface area contributed by atoms with Crippen LogP contribution in [0.3, 0.4) is 0 Å². The van der Waals surface area contributed by atoms with E-state index in [1.807, 2.05) is 37.3 Å². The number of hydrogen-bond acceptors (Lipinski definition) is 2. The van der Waals surface area contributed by atoms with E-state index in [1.54, 1.807) is 4.90 Å². The van der Waals surface area contributed by atoms with Crippen molar-refractivity contribution in [1.82, 2.24) is 5.32 Å². The van der Waals surface area contributed by atoms with Crippen LogP contribution in [0.5, 0.6) is 0 Å². The van der Waals surface area contributed by atoms with Gasteiger partial charge in [0.2, 0.25) is 11.8 Å². The minimum Gasteiger partial charge on any atom is -0.352 e. The Morgan fingerprint density at radius 3 is 2.48 bits per heavy atom. The molecule has 0 radical (unpaired) electrons. The van der Waals surface area contributed by atoms with Gasteiger partial charge in [-0.3, -0.25) is 9.59 Å². The molecular formula is C23H28N2O2. The van der Waals surface area contributed by atoms with E-state index in [0.717, 1.165) is 11.3 Å². The number of hydrogen-bond donors (Lipinski definition) is 1. The quantitative estimate of drug-likeness (QED) is 0.893. The van der Waals surface area contributed by atoms with Crippen LogP contribution in [0.1, 0.15) is 43.9 Å². The fourth-order valence-electron chi connectivity index (χ4n) is 3.43. The Hall–Kier alpha value is -2.62. The third-order valence-electron chi connectivity index (χ3n) is 5.09. The minimum absolute atomic E-state index is 0.00853. The number of benzene rings is 2. The zero-order chi connectivity index (χ0) is 19.6. The Labute approximate surface area is 161 Å². The van der Waals surface area contributed by atoms with E-state index in [4.69, 9.17) is 0 Å². The molecule has 1 fully saturated rings. The molecule has 0 saturated carbocycles. The van der Waals surface area contributed by atoms with Gasteiger partial charge in [-0.25, -0.2) is 0 Å². The highest BCUT2D eigenvalue weighted by molar-refractivity contribution is 6.00. The lowest BCUT2D eigenvalue weighted by Gasteiger charge is -2.21. The third-order valence-corrected chi connectivity index (χ3v) is 5.09. The molecule has 3 rings (SSSR count). The summed E-state index contributed by atoms with van der Waals surface area (Å²) in [7, 11) is 0. The second-order valence-electron chi connectivity index (χ2n) is 8.41. The zero-order valence-corrected chi connectivity index (χ0v) is 16.6. The number of anilines is 1. The average molecular weight is 364 g/mol. The molecule has 1 aliphatic rings. The fourth-order valence-corrected chi connectivity index (χ4v) is 3.43. The standard InChI is InChI=1S/C23H28N2O2/c1-16-6-5-7-17(12-16)14-24-22(27)18-13-21(26)25(15-18)20-10-8-19(9-11-20)23(2,3)4/h5-12,18H,13-15H2,1-4H3,(H,24,27). The van der Waals surface area contributed by atoms with Crippen LogP contribution in [-0.4, -0.2) is 18.4 Å². The SMILES string of the molecule is Cc1cccc(CNC(=O)C2CC(=O)N(c3ccc(C(C)(C)C)cc3)C2)c1. The van der Waals surface area contributed by atoms with Gasteiger partial charge in [-0.05, 0) is 35.6 Å². The molecule has 4 heteroatoms. The summed E-state index contributed by atoms with van der Waals surface area (Å²) in [5, 5.41) is 2.97. The summed E-state index contributed by atoms with van der Waals surface area (Å²) in [4.78, 5) is 26.7. The van der Waals surface area contributed by atoms with Gasteiger partial charge in [-0.15, -0.1) is 0 Å². The normalized spacial score (nSPS) is 17.3. The highest BCUT2D eigenvalue weighted by Crippen LogP contribution is 2.28. The first-order chi connectivity index (χ1) is 12.7. The molecule has 1 unspecified atom stereocenters. The van der Waals surface area contributed by atoms with Gasteiger partial charge < -0.3 is 10.2 Å². The Bertz CT molecular complexity index is 834. The molecule has 0 spiro atoms. The van der Waals surface area contributed by atoms with E-state index in [9.17, 15) is 9.59 Å². The maximum Gasteiger partial charge on any atom is 0.227 e. The lowest BCUT2D eigenvalue weighted by atomic mass is 9.87. The molecule has 1 aliphatic heterocycles. The Kier molecular flexibility index (Phi) is 5.36. The Morgan fingerprint density at radius 1 is 1.15 bits per heavy atom. The molecule has 1 atom stereocenters. The van der Waals surface area contributed by atoms with Crippen molar-refractivity contribution in [3.8, 4) is 0 Å². The first kappa shape index (κ1) is 19.2.